The lowest BCUT2D eigenvalue weighted by Gasteiger charge is -2.18. The average Bonchev–Trinajstić information content (AvgIpc) is 3.11. The van der Waals surface area contributed by atoms with E-state index >= 15 is 0 Å². The molecular formula is C18H17BrN4O2. The van der Waals surface area contributed by atoms with Gasteiger partial charge < -0.3 is 5.11 Å². The molecule has 7 heteroatoms. The van der Waals surface area contributed by atoms with E-state index in [-0.39, 0.29) is 23.2 Å². The average molecular weight is 401 g/mol. The van der Waals surface area contributed by atoms with Crippen molar-refractivity contribution < 1.29 is 5.11 Å². The van der Waals surface area contributed by atoms with E-state index in [1.165, 1.54) is 4.57 Å². The van der Waals surface area contributed by atoms with E-state index in [0.29, 0.717) is 11.3 Å². The number of aromatic nitrogens is 1. The van der Waals surface area contributed by atoms with Crippen molar-refractivity contribution in [2.24, 2.45) is 10.2 Å². The predicted molar refractivity (Wildman–Crippen MR) is 97.6 cm³/mol. The van der Waals surface area contributed by atoms with Crippen LogP contribution in [0.5, 0.6) is 5.88 Å². The first-order valence-corrected chi connectivity index (χ1v) is 8.88. The highest BCUT2D eigenvalue weighted by atomic mass is 79.9. The maximum Gasteiger partial charge on any atom is 0.281 e. The summed E-state index contributed by atoms with van der Waals surface area (Å²) in [4.78, 5) is 12.9. The van der Waals surface area contributed by atoms with Crippen LogP contribution in [0.15, 0.2) is 43.8 Å². The first-order valence-electron chi connectivity index (χ1n) is 8.09. The molecule has 1 saturated carbocycles. The SMILES string of the molecule is Cc1c(C#N)c(O)n(C2CCCC2)c(=O)c1N=Nc1ccccc1Br. The van der Waals surface area contributed by atoms with E-state index in [2.05, 4.69) is 26.2 Å². The minimum absolute atomic E-state index is 0.0765. The van der Waals surface area contributed by atoms with Gasteiger partial charge in [0, 0.05) is 16.1 Å². The molecule has 1 aliphatic rings. The van der Waals surface area contributed by atoms with Crippen LogP contribution >= 0.6 is 15.9 Å². The maximum atomic E-state index is 12.9. The maximum absolute atomic E-state index is 12.9. The third kappa shape index (κ3) is 3.22. The molecule has 1 heterocycles. The Bertz CT molecular complexity index is 937. The highest BCUT2D eigenvalue weighted by Crippen LogP contribution is 2.35. The van der Waals surface area contributed by atoms with Gasteiger partial charge in [-0.05, 0) is 47.8 Å². The Morgan fingerprint density at radius 3 is 2.60 bits per heavy atom. The zero-order chi connectivity index (χ0) is 18.0. The molecule has 1 aliphatic carbocycles. The van der Waals surface area contributed by atoms with E-state index in [4.69, 9.17) is 0 Å². The molecule has 0 bridgehead atoms. The Morgan fingerprint density at radius 2 is 1.96 bits per heavy atom. The zero-order valence-electron chi connectivity index (χ0n) is 13.7. The van der Waals surface area contributed by atoms with Gasteiger partial charge in [0.2, 0.25) is 5.88 Å². The Kier molecular flexibility index (Phi) is 5.00. The molecule has 0 atom stereocenters. The lowest BCUT2D eigenvalue weighted by molar-refractivity contribution is 0.368. The highest BCUT2D eigenvalue weighted by Gasteiger charge is 2.26. The summed E-state index contributed by atoms with van der Waals surface area (Å²) in [6, 6.07) is 9.16. The number of nitriles is 1. The summed E-state index contributed by atoms with van der Waals surface area (Å²) in [5, 5.41) is 28.1. The number of azo groups is 1. The number of rotatable bonds is 3. The second kappa shape index (κ2) is 7.19. The quantitative estimate of drug-likeness (QED) is 0.732. The molecular weight excluding hydrogens is 384 g/mol. The van der Waals surface area contributed by atoms with E-state index in [1.807, 2.05) is 24.3 Å². The molecule has 6 nitrogen and oxygen atoms in total. The molecule has 0 saturated heterocycles. The third-order valence-corrected chi connectivity index (χ3v) is 5.19. The number of hydrogen-bond acceptors (Lipinski definition) is 5. The van der Waals surface area contributed by atoms with Gasteiger partial charge in [-0.1, -0.05) is 25.0 Å². The van der Waals surface area contributed by atoms with Crippen molar-refractivity contribution in [3.63, 3.8) is 0 Å². The van der Waals surface area contributed by atoms with Crippen molar-refractivity contribution >= 4 is 27.3 Å². The van der Waals surface area contributed by atoms with Crippen molar-refractivity contribution in [1.82, 2.24) is 4.57 Å². The second-order valence-corrected chi connectivity index (χ2v) is 6.90. The van der Waals surface area contributed by atoms with Crippen LogP contribution < -0.4 is 5.56 Å². The molecule has 1 fully saturated rings. The molecule has 1 N–H and O–H groups in total. The van der Waals surface area contributed by atoms with E-state index in [0.717, 1.165) is 30.2 Å². The molecule has 0 radical (unpaired) electrons. The van der Waals surface area contributed by atoms with E-state index < -0.39 is 5.56 Å². The Hall–Kier alpha value is -2.46. The number of pyridine rings is 1. The standard InChI is InChI=1S/C18H17BrN4O2/c1-11-13(10-20)17(24)23(12-6-2-3-7-12)18(25)16(11)22-21-15-9-5-4-8-14(15)19/h4-5,8-9,12,24H,2-3,6-7H2,1H3. The summed E-state index contributed by atoms with van der Waals surface area (Å²) in [5.74, 6) is -0.267. The van der Waals surface area contributed by atoms with Crippen molar-refractivity contribution in [3.8, 4) is 11.9 Å². The van der Waals surface area contributed by atoms with Crippen LogP contribution in [-0.4, -0.2) is 9.67 Å². The summed E-state index contributed by atoms with van der Waals surface area (Å²) < 4.78 is 2.07. The molecule has 2 aromatic rings. The summed E-state index contributed by atoms with van der Waals surface area (Å²) in [7, 11) is 0. The molecule has 25 heavy (non-hydrogen) atoms. The Labute approximate surface area is 153 Å². The zero-order valence-corrected chi connectivity index (χ0v) is 15.3. The normalized spacial score (nSPS) is 14.9. The molecule has 0 spiro atoms. The van der Waals surface area contributed by atoms with Crippen LogP contribution in [0.3, 0.4) is 0 Å². The number of nitrogens with zero attached hydrogens (tertiary/aromatic N) is 4. The summed E-state index contributed by atoms with van der Waals surface area (Å²) in [6.07, 6.45) is 3.62. The number of aromatic hydroxyl groups is 1. The van der Waals surface area contributed by atoms with E-state index in [1.54, 1.807) is 13.0 Å². The smallest absolute Gasteiger partial charge is 0.281 e. The van der Waals surface area contributed by atoms with Crippen LogP contribution in [0.2, 0.25) is 0 Å². The first kappa shape index (κ1) is 17.4. The summed E-state index contributed by atoms with van der Waals surface area (Å²) in [5.41, 5.74) is 0.691. The van der Waals surface area contributed by atoms with Gasteiger partial charge in [0.05, 0.1) is 5.69 Å². The molecule has 1 aromatic heterocycles. The molecule has 128 valence electrons. The molecule has 1 aromatic carbocycles. The monoisotopic (exact) mass is 400 g/mol. The van der Waals surface area contributed by atoms with Gasteiger partial charge in [0.25, 0.3) is 5.56 Å². The van der Waals surface area contributed by atoms with Crippen molar-refractivity contribution in [2.75, 3.05) is 0 Å². The molecule has 0 amide bonds. The van der Waals surface area contributed by atoms with Gasteiger partial charge in [-0.3, -0.25) is 9.36 Å². The Balaban J connectivity index is 2.16. The van der Waals surface area contributed by atoms with E-state index in [9.17, 15) is 15.2 Å². The fourth-order valence-corrected chi connectivity index (χ4v) is 3.53. The highest BCUT2D eigenvalue weighted by molar-refractivity contribution is 9.10. The van der Waals surface area contributed by atoms with Crippen LogP contribution in [0.4, 0.5) is 11.4 Å². The van der Waals surface area contributed by atoms with Crippen molar-refractivity contribution in [1.29, 1.82) is 5.26 Å². The number of halogens is 1. The third-order valence-electron chi connectivity index (χ3n) is 4.52. The van der Waals surface area contributed by atoms with Crippen molar-refractivity contribution in [2.45, 2.75) is 38.6 Å². The van der Waals surface area contributed by atoms with Crippen LogP contribution in [0.1, 0.15) is 42.9 Å². The first-order chi connectivity index (χ1) is 12.0. The van der Waals surface area contributed by atoms with Gasteiger partial charge in [-0.2, -0.15) is 5.26 Å². The van der Waals surface area contributed by atoms with Crippen LogP contribution in [0, 0.1) is 18.3 Å². The summed E-state index contributed by atoms with van der Waals surface area (Å²) in [6.45, 7) is 1.60. The lowest BCUT2D eigenvalue weighted by atomic mass is 10.1. The minimum Gasteiger partial charge on any atom is -0.493 e. The van der Waals surface area contributed by atoms with Crippen LogP contribution in [-0.2, 0) is 0 Å². The largest absolute Gasteiger partial charge is 0.493 e. The second-order valence-electron chi connectivity index (χ2n) is 6.05. The number of hydrogen-bond donors (Lipinski definition) is 1. The minimum atomic E-state index is -0.406. The number of benzene rings is 1. The van der Waals surface area contributed by atoms with Crippen molar-refractivity contribution in [3.05, 3.63) is 50.2 Å². The fourth-order valence-electron chi connectivity index (χ4n) is 3.17. The van der Waals surface area contributed by atoms with Gasteiger partial charge in [-0.15, -0.1) is 10.2 Å². The molecule has 3 rings (SSSR count). The predicted octanol–water partition coefficient (Wildman–Crippen LogP) is 5.03. The summed E-state index contributed by atoms with van der Waals surface area (Å²) >= 11 is 3.39. The fraction of sp³-hybridized carbons (Fsp3) is 0.333. The van der Waals surface area contributed by atoms with Crippen LogP contribution in [0.25, 0.3) is 0 Å². The van der Waals surface area contributed by atoms with Gasteiger partial charge >= 0.3 is 0 Å². The topological polar surface area (TPSA) is 90.7 Å². The molecule has 0 aliphatic heterocycles. The van der Waals surface area contributed by atoms with Gasteiger partial charge in [0.1, 0.15) is 11.6 Å². The lowest BCUT2D eigenvalue weighted by Crippen LogP contribution is -2.24. The van der Waals surface area contributed by atoms with Gasteiger partial charge in [-0.25, -0.2) is 0 Å². The Morgan fingerprint density at radius 1 is 1.28 bits per heavy atom. The molecule has 0 unspecified atom stereocenters. The van der Waals surface area contributed by atoms with Gasteiger partial charge in [0.15, 0.2) is 5.69 Å².